The van der Waals surface area contributed by atoms with Crippen molar-refractivity contribution in [2.75, 3.05) is 6.54 Å². The molecular weight excluding hydrogens is 374 g/mol. The molecule has 0 spiro atoms. The number of rotatable bonds is 3. The highest BCUT2D eigenvalue weighted by molar-refractivity contribution is 9.10. The average Bonchev–Trinajstić information content (AvgIpc) is 2.95. The molecular formula is C14H14BrNO3S2. The van der Waals surface area contributed by atoms with Crippen LogP contribution in [0.25, 0.3) is 0 Å². The van der Waals surface area contributed by atoms with Gasteiger partial charge in [0.1, 0.15) is 0 Å². The standard InChI is InChI=1S/C14H14BrNO3S2/c15-12-2-1-10(9-17)7-14(12)21(18,19)16-5-3-13-11(8-16)4-6-20-13/h1-2,4,6-7,17H,3,5,8-9H2. The Kier molecular flexibility index (Phi) is 4.20. The fourth-order valence-corrected chi connectivity index (χ4v) is 5.69. The maximum Gasteiger partial charge on any atom is 0.244 e. The summed E-state index contributed by atoms with van der Waals surface area (Å²) in [6, 6.07) is 6.89. The highest BCUT2D eigenvalue weighted by Gasteiger charge is 2.30. The predicted octanol–water partition coefficient (Wildman–Crippen LogP) is 2.75. The molecule has 2 aromatic rings. The van der Waals surface area contributed by atoms with Crippen molar-refractivity contribution in [1.29, 1.82) is 0 Å². The van der Waals surface area contributed by atoms with Crippen LogP contribution < -0.4 is 0 Å². The molecule has 0 unspecified atom stereocenters. The highest BCUT2D eigenvalue weighted by Crippen LogP contribution is 2.31. The van der Waals surface area contributed by atoms with Gasteiger partial charge in [-0.1, -0.05) is 6.07 Å². The largest absolute Gasteiger partial charge is 0.392 e. The number of nitrogens with zero attached hydrogens (tertiary/aromatic N) is 1. The van der Waals surface area contributed by atoms with Gasteiger partial charge >= 0.3 is 0 Å². The monoisotopic (exact) mass is 387 g/mol. The van der Waals surface area contributed by atoms with E-state index in [1.54, 1.807) is 23.5 Å². The van der Waals surface area contributed by atoms with Gasteiger partial charge < -0.3 is 5.11 Å². The van der Waals surface area contributed by atoms with E-state index in [9.17, 15) is 13.5 Å². The zero-order chi connectivity index (χ0) is 15.0. The van der Waals surface area contributed by atoms with E-state index in [2.05, 4.69) is 15.9 Å². The molecule has 1 aromatic carbocycles. The van der Waals surface area contributed by atoms with E-state index in [1.807, 2.05) is 11.4 Å². The topological polar surface area (TPSA) is 57.6 Å². The number of aliphatic hydroxyl groups is 1. The lowest BCUT2D eigenvalue weighted by molar-refractivity contribution is 0.281. The van der Waals surface area contributed by atoms with Crippen molar-refractivity contribution in [3.8, 4) is 0 Å². The molecule has 0 radical (unpaired) electrons. The third-order valence-corrected chi connectivity index (χ3v) is 7.43. The summed E-state index contributed by atoms with van der Waals surface area (Å²) in [5.41, 5.74) is 1.68. The Balaban J connectivity index is 1.98. The van der Waals surface area contributed by atoms with Gasteiger partial charge in [0.25, 0.3) is 0 Å². The molecule has 112 valence electrons. The summed E-state index contributed by atoms with van der Waals surface area (Å²) in [6.45, 7) is 0.729. The van der Waals surface area contributed by atoms with Gasteiger partial charge in [-0.2, -0.15) is 4.31 Å². The Morgan fingerprint density at radius 2 is 2.14 bits per heavy atom. The summed E-state index contributed by atoms with van der Waals surface area (Å²) in [5.74, 6) is 0. The molecule has 4 nitrogen and oxygen atoms in total. The summed E-state index contributed by atoms with van der Waals surface area (Å²) in [4.78, 5) is 1.48. The van der Waals surface area contributed by atoms with E-state index < -0.39 is 10.0 Å². The summed E-state index contributed by atoms with van der Waals surface area (Å²) in [7, 11) is -3.57. The highest BCUT2D eigenvalue weighted by atomic mass is 79.9. The van der Waals surface area contributed by atoms with Crippen LogP contribution in [0.3, 0.4) is 0 Å². The molecule has 2 heterocycles. The van der Waals surface area contributed by atoms with Crippen LogP contribution in [0, 0.1) is 0 Å². The fraction of sp³-hybridized carbons (Fsp3) is 0.286. The summed E-state index contributed by atoms with van der Waals surface area (Å²) >= 11 is 4.98. The molecule has 3 rings (SSSR count). The van der Waals surface area contributed by atoms with Gasteiger partial charge in [0, 0.05) is 22.4 Å². The van der Waals surface area contributed by atoms with Crippen molar-refractivity contribution >= 4 is 37.3 Å². The second kappa shape index (κ2) is 5.81. The average molecular weight is 388 g/mol. The van der Waals surface area contributed by atoms with E-state index in [4.69, 9.17) is 0 Å². The van der Waals surface area contributed by atoms with Crippen molar-refractivity contribution in [1.82, 2.24) is 4.31 Å². The predicted molar refractivity (Wildman–Crippen MR) is 85.7 cm³/mol. The molecule has 0 atom stereocenters. The number of fused-ring (bicyclic) bond motifs is 1. The quantitative estimate of drug-likeness (QED) is 0.880. The van der Waals surface area contributed by atoms with Crippen LogP contribution >= 0.6 is 27.3 Å². The van der Waals surface area contributed by atoms with Gasteiger partial charge in [-0.05, 0) is 57.1 Å². The normalized spacial score (nSPS) is 15.9. The minimum Gasteiger partial charge on any atom is -0.392 e. The molecule has 21 heavy (non-hydrogen) atoms. The number of hydrogen-bond donors (Lipinski definition) is 1. The zero-order valence-corrected chi connectivity index (χ0v) is 14.3. The first kappa shape index (κ1) is 15.2. The van der Waals surface area contributed by atoms with E-state index in [1.165, 1.54) is 15.2 Å². The summed E-state index contributed by atoms with van der Waals surface area (Å²) in [6.07, 6.45) is 0.754. The van der Waals surface area contributed by atoms with Crippen molar-refractivity contribution in [2.24, 2.45) is 0 Å². The van der Waals surface area contributed by atoms with E-state index in [-0.39, 0.29) is 11.5 Å². The Bertz CT molecular complexity index is 770. The number of hydrogen-bond acceptors (Lipinski definition) is 4. The van der Waals surface area contributed by atoms with E-state index in [0.29, 0.717) is 23.1 Å². The van der Waals surface area contributed by atoms with Gasteiger partial charge in [-0.3, -0.25) is 0 Å². The summed E-state index contributed by atoms with van der Waals surface area (Å²) in [5, 5.41) is 11.2. The molecule has 1 aliphatic heterocycles. The lowest BCUT2D eigenvalue weighted by atomic mass is 10.1. The molecule has 1 aliphatic rings. The van der Waals surface area contributed by atoms with Gasteiger partial charge in [-0.15, -0.1) is 11.3 Å². The number of aliphatic hydroxyl groups excluding tert-OH is 1. The van der Waals surface area contributed by atoms with Gasteiger partial charge in [0.15, 0.2) is 0 Å². The lowest BCUT2D eigenvalue weighted by Crippen LogP contribution is -2.35. The minimum atomic E-state index is -3.57. The molecule has 0 saturated carbocycles. The van der Waals surface area contributed by atoms with Crippen LogP contribution in [-0.4, -0.2) is 24.4 Å². The van der Waals surface area contributed by atoms with E-state index in [0.717, 1.165) is 12.0 Å². The third kappa shape index (κ3) is 2.80. The van der Waals surface area contributed by atoms with Crippen LogP contribution in [0.4, 0.5) is 0 Å². The third-order valence-electron chi connectivity index (χ3n) is 3.57. The fourth-order valence-electron chi connectivity index (χ4n) is 2.41. The van der Waals surface area contributed by atoms with Gasteiger partial charge in [0.2, 0.25) is 10.0 Å². The Labute approximate surface area is 136 Å². The second-order valence-corrected chi connectivity index (χ2v) is 8.64. The number of halogens is 1. The van der Waals surface area contributed by atoms with Crippen LogP contribution in [0.1, 0.15) is 16.0 Å². The minimum absolute atomic E-state index is 0.176. The van der Waals surface area contributed by atoms with Crippen molar-refractivity contribution in [2.45, 2.75) is 24.5 Å². The SMILES string of the molecule is O=S(=O)(c1cc(CO)ccc1Br)N1CCc2sccc2C1. The zero-order valence-electron chi connectivity index (χ0n) is 11.1. The van der Waals surface area contributed by atoms with Crippen molar-refractivity contribution in [3.63, 3.8) is 0 Å². The first-order valence-electron chi connectivity index (χ1n) is 6.47. The first-order chi connectivity index (χ1) is 10.0. The maximum absolute atomic E-state index is 12.8. The first-order valence-corrected chi connectivity index (χ1v) is 9.58. The maximum atomic E-state index is 12.8. The van der Waals surface area contributed by atoms with Crippen molar-refractivity contribution < 1.29 is 13.5 Å². The van der Waals surface area contributed by atoms with Crippen LogP contribution in [0.5, 0.6) is 0 Å². The summed E-state index contributed by atoms with van der Waals surface area (Å²) < 4.78 is 27.7. The Hall–Kier alpha value is -0.730. The van der Waals surface area contributed by atoms with E-state index >= 15 is 0 Å². The molecule has 1 aromatic heterocycles. The molecule has 0 bridgehead atoms. The lowest BCUT2D eigenvalue weighted by Gasteiger charge is -2.26. The Morgan fingerprint density at radius 1 is 1.33 bits per heavy atom. The molecule has 1 N–H and O–H groups in total. The smallest absolute Gasteiger partial charge is 0.244 e. The molecule has 7 heteroatoms. The molecule has 0 fully saturated rings. The van der Waals surface area contributed by atoms with Gasteiger partial charge in [0.05, 0.1) is 11.5 Å². The second-order valence-electron chi connectivity index (χ2n) is 4.88. The van der Waals surface area contributed by atoms with Crippen molar-refractivity contribution in [3.05, 3.63) is 50.1 Å². The van der Waals surface area contributed by atoms with Gasteiger partial charge in [-0.25, -0.2) is 8.42 Å². The number of sulfonamides is 1. The molecule has 0 aliphatic carbocycles. The number of benzene rings is 1. The van der Waals surface area contributed by atoms with Crippen LogP contribution in [-0.2, 0) is 29.6 Å². The molecule has 0 amide bonds. The van der Waals surface area contributed by atoms with Crippen LogP contribution in [0.15, 0.2) is 39.0 Å². The Morgan fingerprint density at radius 3 is 2.90 bits per heavy atom. The number of thiophene rings is 1. The van der Waals surface area contributed by atoms with Crippen LogP contribution in [0.2, 0.25) is 0 Å². The molecule has 0 saturated heterocycles.